The number of rotatable bonds is 15. The van der Waals surface area contributed by atoms with Gasteiger partial charge in [-0.3, -0.25) is 9.59 Å². The van der Waals surface area contributed by atoms with Gasteiger partial charge in [-0.05, 0) is 43.8 Å². The van der Waals surface area contributed by atoms with Crippen LogP contribution in [-0.4, -0.2) is 23.5 Å². The molecule has 30 heavy (non-hydrogen) atoms. The molecule has 6 heteroatoms. The van der Waals surface area contributed by atoms with E-state index < -0.39 is 0 Å². The summed E-state index contributed by atoms with van der Waals surface area (Å²) >= 11 is 5.22. The zero-order valence-electron chi connectivity index (χ0n) is 18.7. The van der Waals surface area contributed by atoms with E-state index >= 15 is 0 Å². The lowest BCUT2D eigenvalue weighted by molar-refractivity contribution is -0.119. The van der Waals surface area contributed by atoms with E-state index in [9.17, 15) is 9.59 Å². The van der Waals surface area contributed by atoms with E-state index in [1.54, 1.807) is 18.2 Å². The van der Waals surface area contributed by atoms with Crippen LogP contribution in [0.3, 0.4) is 0 Å². The highest BCUT2D eigenvalue weighted by Gasteiger charge is 2.08. The Hall–Kier alpha value is -1.95. The van der Waals surface area contributed by atoms with Gasteiger partial charge in [0.15, 0.2) is 5.11 Å². The summed E-state index contributed by atoms with van der Waals surface area (Å²) in [5, 5.41) is 8.71. The number of amides is 2. The van der Waals surface area contributed by atoms with Crippen molar-refractivity contribution in [1.82, 2.24) is 10.6 Å². The predicted molar refractivity (Wildman–Crippen MR) is 130 cm³/mol. The van der Waals surface area contributed by atoms with Crippen LogP contribution in [0.25, 0.3) is 0 Å². The Morgan fingerprint density at radius 2 is 1.47 bits per heavy atom. The van der Waals surface area contributed by atoms with Gasteiger partial charge in [-0.2, -0.15) is 0 Å². The van der Waals surface area contributed by atoms with E-state index in [1.165, 1.54) is 57.8 Å². The molecule has 0 radical (unpaired) electrons. The summed E-state index contributed by atoms with van der Waals surface area (Å²) in [6, 6.07) is 7.05. The predicted octanol–water partition coefficient (Wildman–Crippen LogP) is 5.95. The molecule has 0 spiro atoms. The lowest BCUT2D eigenvalue weighted by Crippen LogP contribution is -2.34. The number of thiocarbonyl (C=S) groups is 1. The monoisotopic (exact) mass is 433 g/mol. The first kappa shape index (κ1) is 26.1. The van der Waals surface area contributed by atoms with Crippen molar-refractivity contribution < 1.29 is 9.59 Å². The van der Waals surface area contributed by atoms with Crippen molar-refractivity contribution >= 4 is 34.8 Å². The molecule has 0 aliphatic carbocycles. The molecule has 0 aliphatic heterocycles. The van der Waals surface area contributed by atoms with Gasteiger partial charge in [-0.1, -0.05) is 77.2 Å². The molecular formula is C24H39N3O2S. The molecule has 0 fully saturated rings. The largest absolute Gasteiger partial charge is 0.352 e. The Labute approximate surface area is 187 Å². The van der Waals surface area contributed by atoms with Crippen LogP contribution in [0.2, 0.25) is 0 Å². The summed E-state index contributed by atoms with van der Waals surface area (Å²) in [4.78, 5) is 24.0. The molecule has 2 amide bonds. The topological polar surface area (TPSA) is 70.2 Å². The summed E-state index contributed by atoms with van der Waals surface area (Å²) in [7, 11) is 0. The maximum absolute atomic E-state index is 12.1. The highest BCUT2D eigenvalue weighted by Crippen LogP contribution is 2.12. The molecule has 0 unspecified atom stereocenters. The van der Waals surface area contributed by atoms with Gasteiger partial charge in [0, 0.05) is 24.2 Å². The molecule has 0 saturated carbocycles. The summed E-state index contributed by atoms with van der Waals surface area (Å²) in [6.07, 6.45) is 14.3. The molecule has 0 aromatic heterocycles. The molecular weight excluding hydrogens is 394 g/mol. The van der Waals surface area contributed by atoms with Crippen LogP contribution >= 0.6 is 12.2 Å². The lowest BCUT2D eigenvalue weighted by Gasteiger charge is -2.11. The van der Waals surface area contributed by atoms with Crippen LogP contribution in [0.5, 0.6) is 0 Å². The fourth-order valence-electron chi connectivity index (χ4n) is 3.30. The minimum atomic E-state index is -0.132. The van der Waals surface area contributed by atoms with E-state index in [1.807, 2.05) is 13.0 Å². The van der Waals surface area contributed by atoms with Crippen molar-refractivity contribution in [2.24, 2.45) is 0 Å². The van der Waals surface area contributed by atoms with Crippen LogP contribution in [0.1, 0.15) is 101 Å². The number of hydrogen-bond donors (Lipinski definition) is 3. The highest BCUT2D eigenvalue weighted by molar-refractivity contribution is 7.80. The number of anilines is 1. The molecule has 1 rings (SSSR count). The molecule has 0 atom stereocenters. The van der Waals surface area contributed by atoms with Gasteiger partial charge >= 0.3 is 0 Å². The zero-order valence-corrected chi connectivity index (χ0v) is 19.5. The van der Waals surface area contributed by atoms with Crippen LogP contribution in [0.4, 0.5) is 5.69 Å². The zero-order chi connectivity index (χ0) is 22.0. The quantitative estimate of drug-likeness (QED) is 0.236. The van der Waals surface area contributed by atoms with Crippen LogP contribution < -0.4 is 16.0 Å². The molecule has 3 N–H and O–H groups in total. The van der Waals surface area contributed by atoms with Crippen LogP contribution in [-0.2, 0) is 4.79 Å². The van der Waals surface area contributed by atoms with Crippen LogP contribution in [0, 0.1) is 0 Å². The van der Waals surface area contributed by atoms with Crippen LogP contribution in [0.15, 0.2) is 24.3 Å². The Kier molecular flexibility index (Phi) is 14.6. The minimum absolute atomic E-state index is 0.0664. The third-order valence-corrected chi connectivity index (χ3v) is 5.18. The second-order valence-electron chi connectivity index (χ2n) is 7.73. The standard InChI is InChI=1S/C24H39N3O2S/c1-3-5-6-7-8-9-10-11-12-13-14-18-22(28)27-24(30)26-21-17-15-16-20(19-21)23(29)25-4-2/h15-17,19H,3-14,18H2,1-2H3,(H,25,29)(H2,26,27,28,30). The number of carbonyl (C=O) groups excluding carboxylic acids is 2. The molecule has 0 bridgehead atoms. The fourth-order valence-corrected chi connectivity index (χ4v) is 3.53. The van der Waals surface area contributed by atoms with E-state index in [4.69, 9.17) is 12.2 Å². The Morgan fingerprint density at radius 1 is 0.867 bits per heavy atom. The van der Waals surface area contributed by atoms with Crippen molar-refractivity contribution in [2.75, 3.05) is 11.9 Å². The average molecular weight is 434 g/mol. The van der Waals surface area contributed by atoms with E-state index in [-0.39, 0.29) is 16.9 Å². The van der Waals surface area contributed by atoms with Gasteiger partial charge in [0.05, 0.1) is 0 Å². The number of unbranched alkanes of at least 4 members (excludes halogenated alkanes) is 10. The maximum atomic E-state index is 12.1. The minimum Gasteiger partial charge on any atom is -0.352 e. The fraction of sp³-hybridized carbons (Fsp3) is 0.625. The van der Waals surface area contributed by atoms with Gasteiger partial charge in [-0.15, -0.1) is 0 Å². The number of hydrogen-bond acceptors (Lipinski definition) is 3. The van der Waals surface area contributed by atoms with Gasteiger partial charge in [0.1, 0.15) is 0 Å². The summed E-state index contributed by atoms with van der Waals surface area (Å²) < 4.78 is 0. The summed E-state index contributed by atoms with van der Waals surface area (Å²) in [5.41, 5.74) is 1.23. The maximum Gasteiger partial charge on any atom is 0.251 e. The van der Waals surface area contributed by atoms with E-state index in [0.29, 0.717) is 24.2 Å². The SMILES string of the molecule is CCCCCCCCCCCCCC(=O)NC(=S)Nc1cccc(C(=O)NCC)c1. The van der Waals surface area contributed by atoms with Gasteiger partial charge < -0.3 is 16.0 Å². The second-order valence-corrected chi connectivity index (χ2v) is 8.14. The Balaban J connectivity index is 2.12. The molecule has 5 nitrogen and oxygen atoms in total. The first-order valence-corrected chi connectivity index (χ1v) is 12.0. The van der Waals surface area contributed by atoms with Crippen molar-refractivity contribution in [3.8, 4) is 0 Å². The Bertz CT molecular complexity index is 649. The molecule has 1 aromatic carbocycles. The van der Waals surface area contributed by atoms with Crippen molar-refractivity contribution in [3.05, 3.63) is 29.8 Å². The van der Waals surface area contributed by atoms with Crippen molar-refractivity contribution in [2.45, 2.75) is 90.9 Å². The number of benzene rings is 1. The summed E-state index contributed by atoms with van der Waals surface area (Å²) in [5.74, 6) is -0.198. The molecule has 0 heterocycles. The first-order chi connectivity index (χ1) is 14.6. The third kappa shape index (κ3) is 12.6. The molecule has 1 aromatic rings. The molecule has 0 saturated heterocycles. The van der Waals surface area contributed by atoms with E-state index in [2.05, 4.69) is 22.9 Å². The van der Waals surface area contributed by atoms with Crippen molar-refractivity contribution in [3.63, 3.8) is 0 Å². The van der Waals surface area contributed by atoms with E-state index in [0.717, 1.165) is 12.8 Å². The van der Waals surface area contributed by atoms with Gasteiger partial charge in [-0.25, -0.2) is 0 Å². The average Bonchev–Trinajstić information content (AvgIpc) is 2.72. The van der Waals surface area contributed by atoms with Gasteiger partial charge in [0.2, 0.25) is 5.91 Å². The summed E-state index contributed by atoms with van der Waals surface area (Å²) in [6.45, 7) is 4.70. The highest BCUT2D eigenvalue weighted by atomic mass is 32.1. The third-order valence-electron chi connectivity index (χ3n) is 4.98. The molecule has 0 aliphatic rings. The smallest absolute Gasteiger partial charge is 0.251 e. The lowest BCUT2D eigenvalue weighted by atomic mass is 10.1. The molecule has 168 valence electrons. The number of carbonyl (C=O) groups is 2. The van der Waals surface area contributed by atoms with Gasteiger partial charge in [0.25, 0.3) is 5.91 Å². The Morgan fingerprint density at radius 3 is 2.07 bits per heavy atom. The number of nitrogens with one attached hydrogen (secondary N) is 3. The van der Waals surface area contributed by atoms with Crippen molar-refractivity contribution in [1.29, 1.82) is 0 Å². The normalized spacial score (nSPS) is 10.5. The second kappa shape index (κ2) is 16.8. The first-order valence-electron chi connectivity index (χ1n) is 11.6.